The van der Waals surface area contributed by atoms with Crippen LogP contribution in [-0.4, -0.2) is 56.2 Å². The van der Waals surface area contributed by atoms with Crippen LogP contribution in [0.25, 0.3) is 0 Å². The van der Waals surface area contributed by atoms with Crippen LogP contribution in [-0.2, 0) is 9.53 Å². The standard InChI is InChI=1S/C21H23FN2O4/c1-15(28-21(26)18-9-8-17(27-2)14-19(18)22)20(25)24-12-10-23(11-13-24)16-6-4-3-5-7-16/h3-9,14-15H,10-13H2,1-2H3/t15-/m0/s1. The highest BCUT2D eigenvalue weighted by molar-refractivity contribution is 5.92. The SMILES string of the molecule is COc1ccc(C(=O)O[C@@H](C)C(=O)N2CCN(c3ccccc3)CC2)c(F)c1. The molecule has 1 fully saturated rings. The van der Waals surface area contributed by atoms with Gasteiger partial charge < -0.3 is 19.3 Å². The molecule has 1 heterocycles. The molecule has 1 saturated heterocycles. The zero-order valence-corrected chi connectivity index (χ0v) is 15.9. The van der Waals surface area contributed by atoms with E-state index in [1.165, 1.54) is 26.2 Å². The summed E-state index contributed by atoms with van der Waals surface area (Å²) in [6.45, 7) is 3.97. The summed E-state index contributed by atoms with van der Waals surface area (Å²) in [7, 11) is 1.41. The van der Waals surface area contributed by atoms with Crippen LogP contribution in [0.3, 0.4) is 0 Å². The van der Waals surface area contributed by atoms with Crippen molar-refractivity contribution in [2.24, 2.45) is 0 Å². The van der Waals surface area contributed by atoms with Gasteiger partial charge in [-0.05, 0) is 31.2 Å². The van der Waals surface area contributed by atoms with Crippen molar-refractivity contribution in [3.8, 4) is 5.75 Å². The molecule has 0 bridgehead atoms. The van der Waals surface area contributed by atoms with Crippen LogP contribution in [0.1, 0.15) is 17.3 Å². The Bertz CT molecular complexity index is 836. The van der Waals surface area contributed by atoms with Gasteiger partial charge in [-0.3, -0.25) is 4.79 Å². The minimum absolute atomic E-state index is 0.227. The molecule has 0 spiro atoms. The van der Waals surface area contributed by atoms with Gasteiger partial charge in [-0.25, -0.2) is 9.18 Å². The Kier molecular flexibility index (Phi) is 6.13. The Morgan fingerprint density at radius 3 is 2.32 bits per heavy atom. The fourth-order valence-electron chi connectivity index (χ4n) is 3.14. The Labute approximate surface area is 163 Å². The quantitative estimate of drug-likeness (QED) is 0.740. The molecule has 2 aromatic rings. The van der Waals surface area contributed by atoms with Crippen LogP contribution in [0.4, 0.5) is 10.1 Å². The Morgan fingerprint density at radius 2 is 1.71 bits per heavy atom. The van der Waals surface area contributed by atoms with E-state index in [-0.39, 0.29) is 11.5 Å². The molecule has 6 nitrogen and oxygen atoms in total. The molecule has 0 aliphatic carbocycles. The van der Waals surface area contributed by atoms with Crippen LogP contribution in [0, 0.1) is 5.82 Å². The number of amides is 1. The summed E-state index contributed by atoms with van der Waals surface area (Å²) >= 11 is 0. The maximum absolute atomic E-state index is 14.0. The molecular weight excluding hydrogens is 363 g/mol. The van der Waals surface area contributed by atoms with Gasteiger partial charge >= 0.3 is 5.97 Å². The van der Waals surface area contributed by atoms with Gasteiger partial charge in [0.1, 0.15) is 11.6 Å². The third-order valence-corrected chi connectivity index (χ3v) is 4.74. The van der Waals surface area contributed by atoms with Gasteiger partial charge in [0.15, 0.2) is 6.10 Å². The molecule has 0 N–H and O–H groups in total. The number of piperazine rings is 1. The molecule has 3 rings (SSSR count). The zero-order chi connectivity index (χ0) is 20.1. The van der Waals surface area contributed by atoms with E-state index in [0.29, 0.717) is 31.9 Å². The van der Waals surface area contributed by atoms with E-state index in [9.17, 15) is 14.0 Å². The lowest BCUT2D eigenvalue weighted by molar-refractivity contribution is -0.140. The van der Waals surface area contributed by atoms with E-state index < -0.39 is 17.9 Å². The predicted octanol–water partition coefficient (Wildman–Crippen LogP) is 2.73. The van der Waals surface area contributed by atoms with Crippen LogP contribution in [0.15, 0.2) is 48.5 Å². The van der Waals surface area contributed by atoms with E-state index in [2.05, 4.69) is 4.90 Å². The van der Waals surface area contributed by atoms with Crippen molar-refractivity contribution in [3.63, 3.8) is 0 Å². The monoisotopic (exact) mass is 386 g/mol. The summed E-state index contributed by atoms with van der Waals surface area (Å²) in [5.41, 5.74) is 0.887. The fraction of sp³-hybridized carbons (Fsp3) is 0.333. The maximum Gasteiger partial charge on any atom is 0.341 e. The Morgan fingerprint density at radius 1 is 1.04 bits per heavy atom. The van der Waals surface area contributed by atoms with Gasteiger partial charge in [0, 0.05) is 37.9 Å². The number of nitrogens with zero attached hydrogens (tertiary/aromatic N) is 2. The van der Waals surface area contributed by atoms with Crippen LogP contribution >= 0.6 is 0 Å². The number of benzene rings is 2. The number of para-hydroxylation sites is 1. The van der Waals surface area contributed by atoms with Crippen molar-refractivity contribution < 1.29 is 23.5 Å². The average Bonchev–Trinajstić information content (AvgIpc) is 2.73. The molecule has 1 atom stereocenters. The average molecular weight is 386 g/mol. The number of methoxy groups -OCH3 is 1. The smallest absolute Gasteiger partial charge is 0.341 e. The number of ether oxygens (including phenoxy) is 2. The molecule has 28 heavy (non-hydrogen) atoms. The van der Waals surface area contributed by atoms with Crippen LogP contribution in [0.2, 0.25) is 0 Å². The molecule has 0 radical (unpaired) electrons. The molecule has 1 aliphatic heterocycles. The van der Waals surface area contributed by atoms with Crippen LogP contribution < -0.4 is 9.64 Å². The lowest BCUT2D eigenvalue weighted by Gasteiger charge is -2.37. The molecular formula is C21H23FN2O4. The van der Waals surface area contributed by atoms with Crippen molar-refractivity contribution in [2.75, 3.05) is 38.2 Å². The number of hydrogen-bond donors (Lipinski definition) is 0. The number of rotatable bonds is 5. The van der Waals surface area contributed by atoms with Gasteiger partial charge in [-0.2, -0.15) is 0 Å². The summed E-state index contributed by atoms with van der Waals surface area (Å²) < 4.78 is 24.1. The second-order valence-corrected chi connectivity index (χ2v) is 6.54. The molecule has 2 aromatic carbocycles. The molecule has 0 aromatic heterocycles. The van der Waals surface area contributed by atoms with Gasteiger partial charge in [0.25, 0.3) is 5.91 Å². The number of carbonyl (C=O) groups excluding carboxylic acids is 2. The van der Waals surface area contributed by atoms with E-state index >= 15 is 0 Å². The van der Waals surface area contributed by atoms with E-state index in [4.69, 9.17) is 9.47 Å². The van der Waals surface area contributed by atoms with Crippen molar-refractivity contribution in [3.05, 3.63) is 59.9 Å². The second kappa shape index (κ2) is 8.73. The van der Waals surface area contributed by atoms with Gasteiger partial charge in [-0.1, -0.05) is 18.2 Å². The number of hydrogen-bond acceptors (Lipinski definition) is 5. The summed E-state index contributed by atoms with van der Waals surface area (Å²) in [5.74, 6) is -1.60. The highest BCUT2D eigenvalue weighted by Crippen LogP contribution is 2.19. The molecule has 1 amide bonds. The first kappa shape index (κ1) is 19.7. The van der Waals surface area contributed by atoms with E-state index in [0.717, 1.165) is 11.8 Å². The van der Waals surface area contributed by atoms with E-state index in [1.807, 2.05) is 30.3 Å². The molecule has 1 aliphatic rings. The van der Waals surface area contributed by atoms with Crippen molar-refractivity contribution in [1.29, 1.82) is 0 Å². The molecule has 148 valence electrons. The summed E-state index contributed by atoms with van der Waals surface area (Å²) in [5, 5.41) is 0. The number of halogens is 1. The largest absolute Gasteiger partial charge is 0.497 e. The summed E-state index contributed by atoms with van der Waals surface area (Å²) in [6.07, 6.45) is -0.989. The fourth-order valence-corrected chi connectivity index (χ4v) is 3.14. The highest BCUT2D eigenvalue weighted by Gasteiger charge is 2.28. The third kappa shape index (κ3) is 4.42. The topological polar surface area (TPSA) is 59.1 Å². The van der Waals surface area contributed by atoms with Crippen LogP contribution in [0.5, 0.6) is 5.75 Å². The first-order valence-corrected chi connectivity index (χ1v) is 9.13. The Balaban J connectivity index is 1.55. The Hall–Kier alpha value is -3.09. The lowest BCUT2D eigenvalue weighted by Crippen LogP contribution is -2.51. The lowest BCUT2D eigenvalue weighted by atomic mass is 10.2. The van der Waals surface area contributed by atoms with Gasteiger partial charge in [0.05, 0.1) is 12.7 Å². The maximum atomic E-state index is 14.0. The summed E-state index contributed by atoms with van der Waals surface area (Å²) in [4.78, 5) is 28.7. The highest BCUT2D eigenvalue weighted by atomic mass is 19.1. The van der Waals surface area contributed by atoms with Crippen molar-refractivity contribution in [2.45, 2.75) is 13.0 Å². The number of esters is 1. The third-order valence-electron chi connectivity index (χ3n) is 4.74. The van der Waals surface area contributed by atoms with Gasteiger partial charge in [0.2, 0.25) is 0 Å². The van der Waals surface area contributed by atoms with Crippen molar-refractivity contribution in [1.82, 2.24) is 4.90 Å². The van der Waals surface area contributed by atoms with E-state index in [1.54, 1.807) is 4.90 Å². The molecule has 0 saturated carbocycles. The first-order chi connectivity index (χ1) is 13.5. The minimum atomic E-state index is -0.989. The second-order valence-electron chi connectivity index (χ2n) is 6.54. The van der Waals surface area contributed by atoms with Crippen molar-refractivity contribution >= 4 is 17.6 Å². The molecule has 7 heteroatoms. The number of carbonyl (C=O) groups is 2. The summed E-state index contributed by atoms with van der Waals surface area (Å²) in [6, 6.07) is 13.8. The first-order valence-electron chi connectivity index (χ1n) is 9.13. The predicted molar refractivity (Wildman–Crippen MR) is 103 cm³/mol. The minimum Gasteiger partial charge on any atom is -0.497 e. The number of anilines is 1. The zero-order valence-electron chi connectivity index (χ0n) is 15.9. The van der Waals surface area contributed by atoms with Gasteiger partial charge in [-0.15, -0.1) is 0 Å². The normalized spacial score (nSPS) is 15.1. The molecule has 0 unspecified atom stereocenters.